The van der Waals surface area contributed by atoms with Gasteiger partial charge in [-0.2, -0.15) is 0 Å². The van der Waals surface area contributed by atoms with E-state index in [9.17, 15) is 19.0 Å². The highest BCUT2D eigenvalue weighted by atomic mass is 31.2. The number of allylic oxidation sites excluding steroid dienone is 15. The van der Waals surface area contributed by atoms with Crippen molar-refractivity contribution in [1.29, 1.82) is 0 Å². The van der Waals surface area contributed by atoms with Gasteiger partial charge in [0.15, 0.2) is 0 Å². The Labute approximate surface area is 558 Å². The van der Waals surface area contributed by atoms with Crippen LogP contribution in [0, 0.1) is 0 Å². The number of hydrogen-bond acceptors (Lipinski definition) is 6. The molecule has 0 heterocycles. The smallest absolute Gasteiger partial charge is 0.456 e. The maximum Gasteiger partial charge on any atom is 0.472 e. The third-order valence-corrected chi connectivity index (χ3v) is 17.7. The fourth-order valence-corrected chi connectivity index (χ4v) is 11.7. The monoisotopic (exact) mass is 1280 g/mol. The Morgan fingerprint density at radius 1 is 0.400 bits per heavy atom. The molecule has 0 aromatic heterocycles. The number of ether oxygens (including phenoxy) is 1. The van der Waals surface area contributed by atoms with Crippen molar-refractivity contribution in [1.82, 2.24) is 5.32 Å². The number of nitrogens with one attached hydrogen (secondary N) is 1. The number of nitrogens with zero attached hydrogens (tertiary/aromatic N) is 1. The molecule has 10 heteroatoms. The highest BCUT2D eigenvalue weighted by Gasteiger charge is 2.30. The zero-order valence-electron chi connectivity index (χ0n) is 59.9. The fraction of sp³-hybridized carbons (Fsp3) is 0.775. The van der Waals surface area contributed by atoms with E-state index in [1.807, 2.05) is 33.3 Å². The van der Waals surface area contributed by atoms with Crippen molar-refractivity contribution in [2.75, 3.05) is 40.9 Å². The van der Waals surface area contributed by atoms with E-state index in [1.54, 1.807) is 0 Å². The van der Waals surface area contributed by atoms with Crippen LogP contribution in [0.3, 0.4) is 0 Å². The summed E-state index contributed by atoms with van der Waals surface area (Å²) < 4.78 is 30.9. The van der Waals surface area contributed by atoms with Crippen molar-refractivity contribution in [3.05, 3.63) is 97.2 Å². The molecule has 0 saturated heterocycles. The minimum atomic E-state index is -4.46. The molecule has 0 aromatic carbocycles. The lowest BCUT2D eigenvalue weighted by Gasteiger charge is -2.27. The van der Waals surface area contributed by atoms with Crippen LogP contribution < -0.4 is 5.32 Å². The second kappa shape index (κ2) is 68.8. The minimum absolute atomic E-state index is 0.0351. The second-order valence-electron chi connectivity index (χ2n) is 26.8. The number of phosphoric acid groups is 1. The first-order valence-corrected chi connectivity index (χ1v) is 39.6. The number of esters is 1. The lowest BCUT2D eigenvalue weighted by molar-refractivity contribution is -0.870. The normalized spacial score (nSPS) is 14.0. The first-order chi connectivity index (χ1) is 43.9. The van der Waals surface area contributed by atoms with Crippen LogP contribution in [0.5, 0.6) is 0 Å². The second-order valence-corrected chi connectivity index (χ2v) is 28.2. The molecular weight excluding hydrogens is 1130 g/mol. The van der Waals surface area contributed by atoms with Crippen molar-refractivity contribution in [2.24, 2.45) is 0 Å². The molecule has 0 aromatic rings. The fourth-order valence-electron chi connectivity index (χ4n) is 10.9. The van der Waals surface area contributed by atoms with Gasteiger partial charge in [0.2, 0.25) is 5.91 Å². The molecule has 9 nitrogen and oxygen atoms in total. The van der Waals surface area contributed by atoms with Crippen LogP contribution in [0.4, 0.5) is 0 Å². The summed E-state index contributed by atoms with van der Waals surface area (Å²) in [6.45, 7) is 6.92. The van der Waals surface area contributed by atoms with Crippen LogP contribution >= 0.6 is 7.82 Å². The Kier molecular flexibility index (Phi) is 66.4. The van der Waals surface area contributed by atoms with Crippen molar-refractivity contribution < 1.29 is 37.3 Å². The van der Waals surface area contributed by atoms with Gasteiger partial charge in [0, 0.05) is 12.8 Å². The van der Waals surface area contributed by atoms with Crippen molar-refractivity contribution in [3.8, 4) is 0 Å². The number of unbranched alkanes of at least 4 members (excludes halogenated alkanes) is 39. The van der Waals surface area contributed by atoms with Gasteiger partial charge in [0.1, 0.15) is 19.3 Å². The molecular formula is C80H146N2O7P+. The van der Waals surface area contributed by atoms with Gasteiger partial charge in [0.05, 0.1) is 33.8 Å². The van der Waals surface area contributed by atoms with Crippen molar-refractivity contribution in [2.45, 2.75) is 360 Å². The van der Waals surface area contributed by atoms with E-state index in [2.05, 4.69) is 111 Å². The third-order valence-electron chi connectivity index (χ3n) is 16.8. The topological polar surface area (TPSA) is 111 Å². The molecule has 0 aliphatic rings. The molecule has 0 aliphatic heterocycles. The summed E-state index contributed by atoms with van der Waals surface area (Å²) in [6.07, 6.45) is 94.3. The Balaban J connectivity index is 5.01. The maximum atomic E-state index is 13.7. The molecule has 3 atom stereocenters. The third kappa shape index (κ3) is 69.3. The molecule has 3 unspecified atom stereocenters. The number of hydrogen-bond donors (Lipinski definition) is 2. The molecule has 0 spiro atoms. The van der Waals surface area contributed by atoms with Crippen LogP contribution in [0.25, 0.3) is 0 Å². The van der Waals surface area contributed by atoms with Crippen LogP contribution in [-0.4, -0.2) is 74.3 Å². The van der Waals surface area contributed by atoms with E-state index in [1.165, 1.54) is 193 Å². The zero-order valence-corrected chi connectivity index (χ0v) is 60.8. The number of rotatable bonds is 69. The number of likely N-dealkylation sites (N-methyl/N-ethyl adjacent to an activating group) is 1. The summed E-state index contributed by atoms with van der Waals surface area (Å²) >= 11 is 0. The van der Waals surface area contributed by atoms with E-state index >= 15 is 0 Å². The van der Waals surface area contributed by atoms with Crippen LogP contribution in [0.15, 0.2) is 97.2 Å². The summed E-state index contributed by atoms with van der Waals surface area (Å²) in [5.74, 6) is -0.513. The van der Waals surface area contributed by atoms with Crippen LogP contribution in [-0.2, 0) is 27.9 Å². The molecule has 0 fully saturated rings. The molecule has 522 valence electrons. The summed E-state index contributed by atoms with van der Waals surface area (Å²) in [5.41, 5.74) is 0. The van der Waals surface area contributed by atoms with Gasteiger partial charge < -0.3 is 19.4 Å². The van der Waals surface area contributed by atoms with Crippen LogP contribution in [0.2, 0.25) is 0 Å². The van der Waals surface area contributed by atoms with E-state index < -0.39 is 20.0 Å². The van der Waals surface area contributed by atoms with Gasteiger partial charge in [0.25, 0.3) is 0 Å². The summed E-state index contributed by atoms with van der Waals surface area (Å²) in [6, 6.07) is -0.860. The minimum Gasteiger partial charge on any atom is -0.456 e. The lowest BCUT2D eigenvalue weighted by atomic mass is 10.0. The van der Waals surface area contributed by atoms with Crippen molar-refractivity contribution >= 4 is 19.7 Å². The van der Waals surface area contributed by atoms with E-state index in [4.69, 9.17) is 13.8 Å². The van der Waals surface area contributed by atoms with Gasteiger partial charge in [-0.25, -0.2) is 4.57 Å². The maximum absolute atomic E-state index is 13.7. The van der Waals surface area contributed by atoms with Crippen molar-refractivity contribution in [3.63, 3.8) is 0 Å². The molecule has 1 amide bonds. The average molecular weight is 1280 g/mol. The van der Waals surface area contributed by atoms with E-state index in [0.29, 0.717) is 17.4 Å². The first kappa shape index (κ1) is 86.9. The van der Waals surface area contributed by atoms with Gasteiger partial charge in [-0.3, -0.25) is 18.6 Å². The van der Waals surface area contributed by atoms with E-state index in [0.717, 1.165) is 122 Å². The lowest BCUT2D eigenvalue weighted by Crippen LogP contribution is -2.47. The Hall–Kier alpha value is -3.07. The number of quaternary nitrogens is 1. The van der Waals surface area contributed by atoms with Crippen LogP contribution in [0.1, 0.15) is 348 Å². The number of phosphoric ester groups is 1. The standard InChI is InChI=1S/C80H145N2O7P/c1-7-10-13-16-19-22-25-28-30-32-34-36-38-40-41-43-44-46-48-50-52-54-57-60-63-66-69-72-79(83)81-77(76-88-90(85,86)87-75-74-82(4,5)6)78(71-68-65-62-59-56-27-24-21-18-15-12-9-3)89-80(84)73-70-67-64-61-58-55-53-51-49-47-45-42-39-37-35-33-31-29-26-23-20-17-14-11-8-2/h11,14,20,23,28-31,35,37,42,45,49,51,68,71,77-78H,7-10,12-13,15-19,21-22,24-27,32-34,36,38-41,43-44,46-48,50,52-67,69-70,72-76H2,1-6H3,(H-,81,83,85,86)/p+1/b14-11-,23-20-,30-28+,31-29-,37-35-,45-42-,51-49-,71-68+. The van der Waals surface area contributed by atoms with Gasteiger partial charge in [-0.15, -0.1) is 0 Å². The molecule has 0 aliphatic carbocycles. The van der Waals surface area contributed by atoms with E-state index in [-0.39, 0.29) is 31.5 Å². The molecule has 0 bridgehead atoms. The van der Waals surface area contributed by atoms with Gasteiger partial charge in [-0.05, 0) is 109 Å². The molecule has 90 heavy (non-hydrogen) atoms. The largest absolute Gasteiger partial charge is 0.472 e. The summed E-state index contributed by atoms with van der Waals surface area (Å²) in [5, 5.41) is 3.07. The number of carbonyl (C=O) groups is 2. The summed E-state index contributed by atoms with van der Waals surface area (Å²) in [7, 11) is 1.49. The average Bonchev–Trinajstić information content (AvgIpc) is 3.11. The SMILES string of the molecule is CC/C=C\C/C=C\C/C=C\C/C=C\C/C=C\C/C=C\CCCCCCCCC(=O)OC(/C=C/CCCCCCCCCCCC)C(COP(=O)(O)OCC[N+](C)(C)C)NC(=O)CCCCCCCCCCCCCCCCCCC/C=C/CCCCCCCC. The molecule has 0 rings (SSSR count). The van der Waals surface area contributed by atoms with Gasteiger partial charge >= 0.3 is 13.8 Å². The Bertz CT molecular complexity index is 1860. The summed E-state index contributed by atoms with van der Waals surface area (Å²) in [4.78, 5) is 38.0. The molecule has 0 radical (unpaired) electrons. The molecule has 2 N–H and O–H groups in total. The zero-order chi connectivity index (χ0) is 65.6. The Morgan fingerprint density at radius 2 is 0.711 bits per heavy atom. The predicted molar refractivity (Wildman–Crippen MR) is 392 cm³/mol. The van der Waals surface area contributed by atoms with Gasteiger partial charge in [-0.1, -0.05) is 324 Å². The quantitative estimate of drug-likeness (QED) is 0.0205. The highest BCUT2D eigenvalue weighted by molar-refractivity contribution is 7.47. The predicted octanol–water partition coefficient (Wildman–Crippen LogP) is 24.6. The first-order valence-electron chi connectivity index (χ1n) is 38.1. The number of amides is 1. The Morgan fingerprint density at radius 3 is 1.08 bits per heavy atom. The molecule has 0 saturated carbocycles. The number of carbonyl (C=O) groups excluding carboxylic acids is 2. The highest BCUT2D eigenvalue weighted by Crippen LogP contribution is 2.43.